The predicted octanol–water partition coefficient (Wildman–Crippen LogP) is 3.46. The first-order valence-electron chi connectivity index (χ1n) is 6.97. The average molecular weight is 403 g/mol. The number of rotatable bonds is 3. The van der Waals surface area contributed by atoms with Crippen LogP contribution in [0.25, 0.3) is 10.2 Å². The SMILES string of the molecule is CCn1/c(=N/S(=O)(=O)c2ccc(Cl)s2)sc2cc3c(cc21)OCO3. The number of thiazole rings is 1. The van der Waals surface area contributed by atoms with Crippen LogP contribution >= 0.6 is 34.3 Å². The molecule has 0 bridgehead atoms. The molecule has 4 rings (SSSR count). The second kappa shape index (κ2) is 5.76. The molecule has 3 aromatic rings. The Bertz CT molecular complexity index is 1110. The molecule has 6 nitrogen and oxygen atoms in total. The number of benzene rings is 1. The summed E-state index contributed by atoms with van der Waals surface area (Å²) in [5.41, 5.74) is 0.866. The number of aromatic nitrogens is 1. The van der Waals surface area contributed by atoms with Crippen molar-refractivity contribution in [2.75, 3.05) is 6.79 Å². The number of thiophene rings is 1. The van der Waals surface area contributed by atoms with E-state index in [2.05, 4.69) is 4.40 Å². The van der Waals surface area contributed by atoms with Crippen molar-refractivity contribution in [3.8, 4) is 11.5 Å². The van der Waals surface area contributed by atoms with Crippen LogP contribution in [0.1, 0.15) is 6.92 Å². The number of sulfonamides is 1. The van der Waals surface area contributed by atoms with Crippen LogP contribution in [0.5, 0.6) is 11.5 Å². The number of nitrogens with zero attached hydrogens (tertiary/aromatic N) is 2. The Hall–Kier alpha value is -1.55. The maximum atomic E-state index is 12.5. The van der Waals surface area contributed by atoms with Crippen molar-refractivity contribution in [2.24, 2.45) is 4.40 Å². The molecule has 1 aliphatic rings. The molecule has 0 amide bonds. The van der Waals surface area contributed by atoms with Gasteiger partial charge in [-0.15, -0.1) is 15.7 Å². The molecule has 0 spiro atoms. The highest BCUT2D eigenvalue weighted by Gasteiger charge is 2.19. The fourth-order valence-electron chi connectivity index (χ4n) is 2.42. The maximum Gasteiger partial charge on any atom is 0.294 e. The molecule has 0 saturated carbocycles. The molecule has 3 heterocycles. The number of fused-ring (bicyclic) bond motifs is 2. The topological polar surface area (TPSA) is 69.9 Å². The largest absolute Gasteiger partial charge is 0.454 e. The van der Waals surface area contributed by atoms with Crippen molar-refractivity contribution in [3.05, 3.63) is 33.4 Å². The summed E-state index contributed by atoms with van der Waals surface area (Å²) < 4.78 is 43.0. The van der Waals surface area contributed by atoms with E-state index in [1.165, 1.54) is 17.4 Å². The van der Waals surface area contributed by atoms with Crippen LogP contribution in [0.2, 0.25) is 4.34 Å². The van der Waals surface area contributed by atoms with Gasteiger partial charge >= 0.3 is 0 Å². The quantitative estimate of drug-likeness (QED) is 0.672. The smallest absolute Gasteiger partial charge is 0.294 e. The third kappa shape index (κ3) is 2.61. The zero-order chi connectivity index (χ0) is 16.9. The molecule has 1 aliphatic heterocycles. The van der Waals surface area contributed by atoms with Gasteiger partial charge < -0.3 is 14.0 Å². The van der Waals surface area contributed by atoms with E-state index in [4.69, 9.17) is 21.1 Å². The minimum atomic E-state index is -3.80. The van der Waals surface area contributed by atoms with E-state index in [-0.39, 0.29) is 11.0 Å². The molecule has 0 fully saturated rings. The maximum absolute atomic E-state index is 12.5. The van der Waals surface area contributed by atoms with E-state index >= 15 is 0 Å². The van der Waals surface area contributed by atoms with Crippen LogP contribution in [-0.4, -0.2) is 19.8 Å². The Morgan fingerprint density at radius 3 is 2.67 bits per heavy atom. The van der Waals surface area contributed by atoms with Crippen LogP contribution in [0.4, 0.5) is 0 Å². The molecule has 1 aromatic carbocycles. The Morgan fingerprint density at radius 1 is 1.25 bits per heavy atom. The van der Waals surface area contributed by atoms with Crippen molar-refractivity contribution in [2.45, 2.75) is 17.7 Å². The molecule has 24 heavy (non-hydrogen) atoms. The van der Waals surface area contributed by atoms with E-state index in [1.54, 1.807) is 6.07 Å². The third-order valence-corrected chi connectivity index (χ3v) is 7.62. The first-order chi connectivity index (χ1) is 11.5. The number of halogens is 1. The summed E-state index contributed by atoms with van der Waals surface area (Å²) in [7, 11) is -3.80. The summed E-state index contributed by atoms with van der Waals surface area (Å²) in [6.07, 6.45) is 0. The van der Waals surface area contributed by atoms with Gasteiger partial charge in [0.05, 0.1) is 14.6 Å². The van der Waals surface area contributed by atoms with Crippen molar-refractivity contribution in [1.29, 1.82) is 0 Å². The average Bonchev–Trinajstić information content (AvgIpc) is 3.22. The van der Waals surface area contributed by atoms with Crippen molar-refractivity contribution < 1.29 is 17.9 Å². The summed E-state index contributed by atoms with van der Waals surface area (Å²) in [6, 6.07) is 6.71. The van der Waals surface area contributed by atoms with Gasteiger partial charge in [0.1, 0.15) is 4.21 Å². The third-order valence-electron chi connectivity index (χ3n) is 3.49. The molecule has 0 atom stereocenters. The summed E-state index contributed by atoms with van der Waals surface area (Å²) >= 11 is 8.12. The standard InChI is InChI=1S/C14H11ClN2O4S3/c1-2-17-8-5-9-10(21-7-20-9)6-11(8)22-14(17)16-24(18,19)13-4-3-12(15)23-13/h3-6H,2,7H2,1H3/b16-14-. The lowest BCUT2D eigenvalue weighted by atomic mass is 10.3. The minimum absolute atomic E-state index is 0.127. The van der Waals surface area contributed by atoms with Crippen LogP contribution in [-0.2, 0) is 16.6 Å². The van der Waals surface area contributed by atoms with Crippen molar-refractivity contribution in [3.63, 3.8) is 0 Å². The summed E-state index contributed by atoms with van der Waals surface area (Å²) in [5, 5.41) is 0. The van der Waals surface area contributed by atoms with E-state index in [0.717, 1.165) is 21.6 Å². The minimum Gasteiger partial charge on any atom is -0.454 e. The van der Waals surface area contributed by atoms with Gasteiger partial charge in [-0.25, -0.2) is 0 Å². The lowest BCUT2D eigenvalue weighted by Gasteiger charge is -2.01. The lowest BCUT2D eigenvalue weighted by Crippen LogP contribution is -2.15. The van der Waals surface area contributed by atoms with E-state index < -0.39 is 10.0 Å². The van der Waals surface area contributed by atoms with Gasteiger partial charge in [0, 0.05) is 18.7 Å². The lowest BCUT2D eigenvalue weighted by molar-refractivity contribution is 0.174. The summed E-state index contributed by atoms with van der Waals surface area (Å²) in [6.45, 7) is 2.72. The van der Waals surface area contributed by atoms with Gasteiger partial charge in [-0.1, -0.05) is 22.9 Å². The normalized spacial score (nSPS) is 14.7. The molecule has 0 unspecified atom stereocenters. The Morgan fingerprint density at radius 2 is 2.00 bits per heavy atom. The van der Waals surface area contributed by atoms with Crippen molar-refractivity contribution in [1.82, 2.24) is 4.57 Å². The highest BCUT2D eigenvalue weighted by Crippen LogP contribution is 2.37. The zero-order valence-corrected chi connectivity index (χ0v) is 15.6. The molecular formula is C14H11ClN2O4S3. The molecule has 10 heteroatoms. The number of aryl methyl sites for hydroxylation is 1. The number of ether oxygens (including phenoxy) is 2. The second-order valence-electron chi connectivity index (χ2n) is 4.93. The fraction of sp³-hybridized carbons (Fsp3) is 0.214. The van der Waals surface area contributed by atoms with Crippen LogP contribution in [0, 0.1) is 0 Å². The Balaban J connectivity index is 1.93. The predicted molar refractivity (Wildman–Crippen MR) is 93.7 cm³/mol. The Labute approximate surface area is 150 Å². The van der Waals surface area contributed by atoms with Gasteiger partial charge in [-0.2, -0.15) is 8.42 Å². The van der Waals surface area contributed by atoms with Gasteiger partial charge in [-0.3, -0.25) is 0 Å². The summed E-state index contributed by atoms with van der Waals surface area (Å²) in [5.74, 6) is 1.31. The highest BCUT2D eigenvalue weighted by molar-refractivity contribution is 7.92. The number of hydrogen-bond donors (Lipinski definition) is 0. The van der Waals surface area contributed by atoms with E-state index in [1.807, 2.05) is 23.6 Å². The zero-order valence-electron chi connectivity index (χ0n) is 12.4. The van der Waals surface area contributed by atoms with Crippen LogP contribution in [0.3, 0.4) is 0 Å². The molecule has 0 N–H and O–H groups in total. The van der Waals surface area contributed by atoms with Gasteiger partial charge in [-0.05, 0) is 19.1 Å². The van der Waals surface area contributed by atoms with E-state index in [9.17, 15) is 8.42 Å². The van der Waals surface area contributed by atoms with Gasteiger partial charge in [0.15, 0.2) is 11.5 Å². The molecule has 0 saturated heterocycles. The molecule has 0 radical (unpaired) electrons. The number of hydrogen-bond acceptors (Lipinski definition) is 6. The van der Waals surface area contributed by atoms with E-state index in [0.29, 0.717) is 27.2 Å². The second-order valence-corrected chi connectivity index (χ2v) is 9.48. The van der Waals surface area contributed by atoms with Gasteiger partial charge in [0.2, 0.25) is 11.6 Å². The van der Waals surface area contributed by atoms with Crippen molar-refractivity contribution >= 4 is 54.5 Å². The Kier molecular flexibility index (Phi) is 3.83. The highest BCUT2D eigenvalue weighted by atomic mass is 35.5. The summed E-state index contributed by atoms with van der Waals surface area (Å²) in [4.78, 5) is 0.403. The molecule has 2 aromatic heterocycles. The van der Waals surface area contributed by atoms with Crippen LogP contribution in [0.15, 0.2) is 32.9 Å². The molecule has 126 valence electrons. The van der Waals surface area contributed by atoms with Crippen LogP contribution < -0.4 is 14.3 Å². The van der Waals surface area contributed by atoms with Gasteiger partial charge in [0.25, 0.3) is 10.0 Å². The first-order valence-corrected chi connectivity index (χ1v) is 10.4. The monoisotopic (exact) mass is 402 g/mol. The molecule has 0 aliphatic carbocycles. The fourth-order valence-corrected chi connectivity index (χ4v) is 6.19. The first kappa shape index (κ1) is 15.9. The molecular weight excluding hydrogens is 392 g/mol.